The van der Waals surface area contributed by atoms with Gasteiger partial charge < -0.3 is 4.90 Å². The highest BCUT2D eigenvalue weighted by Crippen LogP contribution is 2.22. The normalized spacial score (nSPS) is 16.8. The number of amides is 1. The topological polar surface area (TPSA) is 144 Å². The first-order valence-corrected chi connectivity index (χ1v) is 12.3. The van der Waals surface area contributed by atoms with E-state index >= 15 is 0 Å². The number of rotatable bonds is 9. The van der Waals surface area contributed by atoms with Crippen molar-refractivity contribution < 1.29 is 22.8 Å². The smallest absolute Gasteiger partial charge is 0.233 e. The van der Waals surface area contributed by atoms with E-state index in [4.69, 9.17) is 5.26 Å². The third-order valence-electron chi connectivity index (χ3n) is 5.64. The molecule has 2 aromatic rings. The summed E-state index contributed by atoms with van der Waals surface area (Å²) in [6.45, 7) is 3.19. The summed E-state index contributed by atoms with van der Waals surface area (Å²) in [5, 5.41) is 19.3. The maximum atomic E-state index is 13.2. The number of hydroxylamine groups is 2. The van der Waals surface area contributed by atoms with E-state index in [-0.39, 0.29) is 31.7 Å². The van der Waals surface area contributed by atoms with Gasteiger partial charge in [0.1, 0.15) is 17.7 Å². The molecule has 0 saturated carbocycles. The third-order valence-corrected chi connectivity index (χ3v) is 7.60. The summed E-state index contributed by atoms with van der Waals surface area (Å²) in [6.07, 6.45) is 4.27. The molecule has 1 aliphatic heterocycles. The predicted molar refractivity (Wildman–Crippen MR) is 120 cm³/mol. The first kappa shape index (κ1) is 25.4. The molecule has 2 unspecified atom stereocenters. The summed E-state index contributed by atoms with van der Waals surface area (Å²) in [5.41, 5.74) is 0.442. The van der Waals surface area contributed by atoms with Gasteiger partial charge in [-0.1, -0.05) is 6.92 Å². The van der Waals surface area contributed by atoms with Crippen LogP contribution in [0.5, 0.6) is 0 Å². The molecule has 0 aliphatic carbocycles. The third kappa shape index (κ3) is 6.43. The first-order chi connectivity index (χ1) is 16.2. The van der Waals surface area contributed by atoms with Crippen LogP contribution in [0.3, 0.4) is 0 Å². The summed E-state index contributed by atoms with van der Waals surface area (Å²) in [6, 6.07) is 4.36. The van der Waals surface area contributed by atoms with Gasteiger partial charge in [-0.25, -0.2) is 37.1 Å². The van der Waals surface area contributed by atoms with E-state index in [9.17, 15) is 22.8 Å². The second kappa shape index (κ2) is 11.3. The second-order valence-electron chi connectivity index (χ2n) is 8.07. The molecule has 11 nitrogen and oxygen atoms in total. The van der Waals surface area contributed by atoms with Crippen LogP contribution in [0.15, 0.2) is 30.7 Å². The van der Waals surface area contributed by atoms with Crippen LogP contribution in [0.25, 0.3) is 0 Å². The minimum Gasteiger partial charge on any atom is -0.355 e. The van der Waals surface area contributed by atoms with Crippen LogP contribution < -0.4 is 4.90 Å². The molecule has 3 rings (SSSR count). The SMILES string of the molecule is CC(CC(CS(=O)(=O)N1CCCN(c2ccc(C#N)cn2)CC1)N(O)C=O)c1ncc(F)cn1. The van der Waals surface area contributed by atoms with E-state index in [0.717, 1.165) is 12.4 Å². The van der Waals surface area contributed by atoms with Gasteiger partial charge in [-0.15, -0.1) is 0 Å². The van der Waals surface area contributed by atoms with Crippen LogP contribution in [-0.2, 0) is 14.8 Å². The van der Waals surface area contributed by atoms with Crippen molar-refractivity contribution in [3.8, 4) is 6.07 Å². The highest BCUT2D eigenvalue weighted by atomic mass is 32.2. The number of aromatic nitrogens is 3. The molecule has 3 heterocycles. The molecule has 1 fully saturated rings. The Labute approximate surface area is 197 Å². The molecular formula is C21H26FN7O4S. The van der Waals surface area contributed by atoms with Gasteiger partial charge in [0.2, 0.25) is 16.4 Å². The van der Waals surface area contributed by atoms with E-state index in [0.29, 0.717) is 36.0 Å². The van der Waals surface area contributed by atoms with Crippen LogP contribution in [0, 0.1) is 17.1 Å². The fraction of sp³-hybridized carbons (Fsp3) is 0.476. The molecular weight excluding hydrogens is 465 g/mol. The van der Waals surface area contributed by atoms with Crippen molar-refractivity contribution in [2.75, 3.05) is 36.8 Å². The number of anilines is 1. The summed E-state index contributed by atoms with van der Waals surface area (Å²) in [5.74, 6) is -0.575. The lowest BCUT2D eigenvalue weighted by Gasteiger charge is -2.28. The zero-order valence-electron chi connectivity index (χ0n) is 18.7. The zero-order valence-corrected chi connectivity index (χ0v) is 19.5. The van der Waals surface area contributed by atoms with E-state index in [1.165, 1.54) is 10.5 Å². The van der Waals surface area contributed by atoms with Gasteiger partial charge in [0.15, 0.2) is 5.82 Å². The van der Waals surface area contributed by atoms with E-state index in [1.54, 1.807) is 19.1 Å². The Morgan fingerprint density at radius 2 is 1.94 bits per heavy atom. The molecule has 1 N–H and O–H groups in total. The average Bonchev–Trinajstić information content (AvgIpc) is 3.10. The second-order valence-corrected chi connectivity index (χ2v) is 10.1. The number of hydrogen-bond donors (Lipinski definition) is 1. The Kier molecular flexibility index (Phi) is 8.43. The van der Waals surface area contributed by atoms with Gasteiger partial charge in [-0.3, -0.25) is 10.0 Å². The minimum atomic E-state index is -3.83. The van der Waals surface area contributed by atoms with Crippen LogP contribution >= 0.6 is 0 Å². The van der Waals surface area contributed by atoms with E-state index in [1.807, 2.05) is 11.0 Å². The highest BCUT2D eigenvalue weighted by molar-refractivity contribution is 7.89. The number of carbonyl (C=O) groups is 1. The standard InChI is InChI=1S/C21H26FN7O4S/c1-16(21-25-12-18(22)13-26-21)9-19(29(31)15-30)14-34(32,33)28-6-2-5-27(7-8-28)20-4-3-17(10-23)11-24-20/h3-4,11-13,15-16,19,31H,2,5-9,14H2,1H3. The molecule has 1 saturated heterocycles. The Balaban J connectivity index is 1.67. The van der Waals surface area contributed by atoms with Crippen molar-refractivity contribution in [1.82, 2.24) is 24.3 Å². The molecule has 0 spiro atoms. The van der Waals surface area contributed by atoms with Crippen molar-refractivity contribution in [2.24, 2.45) is 0 Å². The van der Waals surface area contributed by atoms with Crippen molar-refractivity contribution in [1.29, 1.82) is 5.26 Å². The predicted octanol–water partition coefficient (Wildman–Crippen LogP) is 1.13. The van der Waals surface area contributed by atoms with Gasteiger partial charge >= 0.3 is 0 Å². The zero-order chi connectivity index (χ0) is 24.7. The van der Waals surface area contributed by atoms with Crippen molar-refractivity contribution in [2.45, 2.75) is 31.7 Å². The van der Waals surface area contributed by atoms with Crippen molar-refractivity contribution >= 4 is 22.3 Å². The van der Waals surface area contributed by atoms with Gasteiger partial charge in [-0.2, -0.15) is 5.26 Å². The van der Waals surface area contributed by atoms with Gasteiger partial charge in [0.05, 0.1) is 29.8 Å². The maximum Gasteiger partial charge on any atom is 0.233 e. The molecule has 1 amide bonds. The fourth-order valence-corrected chi connectivity index (χ4v) is 5.57. The fourth-order valence-electron chi connectivity index (χ4n) is 3.82. The maximum absolute atomic E-state index is 13.2. The van der Waals surface area contributed by atoms with Crippen LogP contribution in [-0.4, -0.2) is 82.3 Å². The Bertz CT molecular complexity index is 1110. The largest absolute Gasteiger partial charge is 0.355 e. The molecule has 0 radical (unpaired) electrons. The molecule has 13 heteroatoms. The Morgan fingerprint density at radius 3 is 2.56 bits per heavy atom. The first-order valence-electron chi connectivity index (χ1n) is 10.7. The van der Waals surface area contributed by atoms with Crippen molar-refractivity contribution in [3.63, 3.8) is 0 Å². The molecule has 0 aromatic carbocycles. The van der Waals surface area contributed by atoms with Gasteiger partial charge in [0.25, 0.3) is 0 Å². The number of sulfonamides is 1. The lowest BCUT2D eigenvalue weighted by molar-refractivity contribution is -0.159. The number of carbonyl (C=O) groups excluding carboxylic acids is 1. The molecule has 0 bridgehead atoms. The van der Waals surface area contributed by atoms with E-state index < -0.39 is 33.6 Å². The summed E-state index contributed by atoms with van der Waals surface area (Å²) < 4.78 is 40.8. The average molecular weight is 492 g/mol. The van der Waals surface area contributed by atoms with Crippen LogP contribution in [0.1, 0.15) is 37.1 Å². The van der Waals surface area contributed by atoms with Crippen molar-refractivity contribution in [3.05, 3.63) is 47.9 Å². The molecule has 1 aliphatic rings. The lowest BCUT2D eigenvalue weighted by Crippen LogP contribution is -2.44. The Morgan fingerprint density at radius 1 is 1.21 bits per heavy atom. The number of nitriles is 1. The summed E-state index contributed by atoms with van der Waals surface area (Å²) >= 11 is 0. The number of pyridine rings is 1. The minimum absolute atomic E-state index is 0.0647. The van der Waals surface area contributed by atoms with Gasteiger partial charge in [-0.05, 0) is 25.0 Å². The molecule has 2 atom stereocenters. The number of nitrogens with zero attached hydrogens (tertiary/aromatic N) is 7. The van der Waals surface area contributed by atoms with Crippen LogP contribution in [0.2, 0.25) is 0 Å². The molecule has 2 aromatic heterocycles. The van der Waals surface area contributed by atoms with E-state index in [2.05, 4.69) is 15.0 Å². The monoisotopic (exact) mass is 491 g/mol. The lowest BCUT2D eigenvalue weighted by atomic mass is 10.0. The number of halogens is 1. The summed E-state index contributed by atoms with van der Waals surface area (Å²) in [7, 11) is -3.83. The molecule has 182 valence electrons. The van der Waals surface area contributed by atoms with Crippen LogP contribution in [0.4, 0.5) is 10.2 Å². The summed E-state index contributed by atoms with van der Waals surface area (Å²) in [4.78, 5) is 25.2. The van der Waals surface area contributed by atoms with Gasteiger partial charge in [0, 0.05) is 38.3 Å². The highest BCUT2D eigenvalue weighted by Gasteiger charge is 2.32. The Hall–Kier alpha value is -3.21. The quantitative estimate of drug-likeness (QED) is 0.310. The number of hydrogen-bond acceptors (Lipinski definition) is 9. The molecule has 34 heavy (non-hydrogen) atoms.